The second kappa shape index (κ2) is 15.6. The molecule has 0 aliphatic heterocycles. The van der Waals surface area contributed by atoms with Crippen molar-refractivity contribution in [2.75, 3.05) is 0 Å². The minimum atomic E-state index is -0.866. The number of allylic oxidation sites excluding steroid dienone is 4. The van der Waals surface area contributed by atoms with Gasteiger partial charge in [-0.05, 0) is 68.8 Å². The molecule has 196 valence electrons. The molecule has 6 heteroatoms. The highest BCUT2D eigenvalue weighted by atomic mass is 32.1. The number of fused-ring (bicyclic) bond motifs is 2. The molecule has 0 spiro atoms. The third kappa shape index (κ3) is 7.48. The molecule has 4 rings (SSSR count). The molecule has 3 saturated carbocycles. The van der Waals surface area contributed by atoms with Crippen molar-refractivity contribution < 1.29 is 9.59 Å². The molecule has 4 aliphatic rings. The second-order valence-corrected chi connectivity index (χ2v) is 14.1. The largest absolute Gasteiger partial charge is 0.421 e. The molecule has 4 atom stereocenters. The van der Waals surface area contributed by atoms with Crippen LogP contribution in [-0.2, 0) is 9.59 Å². The molecule has 1 unspecified atom stereocenters. The summed E-state index contributed by atoms with van der Waals surface area (Å²) in [5, 5.41) is 19.7. The molecule has 0 aromatic heterocycles. The Balaban J connectivity index is 0.000000284. The van der Waals surface area contributed by atoms with Crippen molar-refractivity contribution in [3.05, 3.63) is 37.0 Å². The second-order valence-electron chi connectivity index (χ2n) is 10.8. The Morgan fingerprint density at radius 1 is 1.03 bits per heavy atom. The Morgan fingerprint density at radius 2 is 1.72 bits per heavy atom. The normalized spacial score (nSPS) is 29.7. The average molecular weight is 525 g/mol. The summed E-state index contributed by atoms with van der Waals surface area (Å²) in [7, 11) is 0. The number of nitrogens with zero attached hydrogens (tertiary/aromatic N) is 2. The Morgan fingerprint density at radius 3 is 2.28 bits per heavy atom. The molecule has 0 bridgehead atoms. The lowest BCUT2D eigenvalue weighted by molar-refractivity contribution is -0.124. The lowest BCUT2D eigenvalue weighted by Crippen LogP contribution is -2.37. The Kier molecular flexibility index (Phi) is 14.1. The summed E-state index contributed by atoms with van der Waals surface area (Å²) < 4.78 is 0. The molecule has 0 amide bonds. The average Bonchev–Trinajstić information content (AvgIpc) is 3.39. The van der Waals surface area contributed by atoms with Crippen LogP contribution < -0.4 is 0 Å². The van der Waals surface area contributed by atoms with Crippen molar-refractivity contribution in [3.8, 4) is 11.0 Å². The van der Waals surface area contributed by atoms with E-state index in [4.69, 9.17) is 10.5 Å². The molecule has 0 N–H and O–H groups in total. The summed E-state index contributed by atoms with van der Waals surface area (Å²) in [5.74, 6) is 0.688. The summed E-state index contributed by atoms with van der Waals surface area (Å²) in [6, 6.07) is 2.33. The van der Waals surface area contributed by atoms with Gasteiger partial charge < -0.3 is 0 Å². The maximum atomic E-state index is 11.9. The number of hydrogen-bond donors (Lipinski definition) is 0. The van der Waals surface area contributed by atoms with E-state index in [2.05, 4.69) is 44.1 Å². The van der Waals surface area contributed by atoms with Crippen molar-refractivity contribution in [2.24, 2.45) is 22.7 Å². The maximum Gasteiger partial charge on any atom is 0.421 e. The monoisotopic (exact) mass is 524 g/mol. The number of ketones is 2. The molecule has 4 nitrogen and oxygen atoms in total. The standard InChI is InChI=1S/C13H17NO.C12H16O.2C2H5.CN.Al.H2S/c1-2-6-13-7-3-4-10(9-14)12(13)11(15)5-8-13;1-2-7-12-8-4-3-5-10(12)11(13)6-9-12;3*1-2;;/h2,10,12H,1,3-8H2;2,5H,1,3-4,6-9H2;2*1H2,2H3;;;1H2/t10-,12+,13-;;;;;;/m0....../s1. The number of rotatable bonds is 6. The zero-order valence-electron chi connectivity index (χ0n) is 22.5. The lowest BCUT2D eigenvalue weighted by atomic mass is 9.62. The Labute approximate surface area is 230 Å². The number of Topliss-reactive ketones (excluding diaryl/α,β-unsaturated/α-hetero) is 2. The smallest absolute Gasteiger partial charge is 0.299 e. The molecule has 36 heavy (non-hydrogen) atoms. The summed E-state index contributed by atoms with van der Waals surface area (Å²) >= 11 is -0.866. The van der Waals surface area contributed by atoms with Gasteiger partial charge in [0.1, 0.15) is 5.78 Å². The highest BCUT2D eigenvalue weighted by Gasteiger charge is 2.52. The van der Waals surface area contributed by atoms with Gasteiger partial charge in [-0.1, -0.05) is 54.0 Å². The zero-order valence-corrected chi connectivity index (χ0v) is 24.6. The minimum absolute atomic E-state index is 0. The predicted molar refractivity (Wildman–Crippen MR) is 154 cm³/mol. The molecular weight excluding hydrogens is 479 g/mol. The summed E-state index contributed by atoms with van der Waals surface area (Å²) in [5.41, 5.74) is 1.42. The summed E-state index contributed by atoms with van der Waals surface area (Å²) in [4.78, 5) is 25.8. The van der Waals surface area contributed by atoms with Gasteiger partial charge in [0.15, 0.2) is 5.78 Å². The van der Waals surface area contributed by atoms with Gasteiger partial charge >= 0.3 is 14.1 Å². The van der Waals surface area contributed by atoms with Crippen LogP contribution in [0.5, 0.6) is 0 Å². The van der Waals surface area contributed by atoms with E-state index in [1.807, 2.05) is 12.2 Å². The molecule has 4 aliphatic carbocycles. The maximum absolute atomic E-state index is 11.9. The van der Waals surface area contributed by atoms with Gasteiger partial charge in [0.2, 0.25) is 0 Å². The van der Waals surface area contributed by atoms with E-state index < -0.39 is 14.1 Å². The first-order chi connectivity index (χ1) is 16.9. The van der Waals surface area contributed by atoms with Gasteiger partial charge in [-0.3, -0.25) is 9.59 Å². The molecule has 0 aromatic carbocycles. The van der Waals surface area contributed by atoms with Crippen LogP contribution in [-0.4, -0.2) is 25.7 Å². The predicted octanol–water partition coefficient (Wildman–Crippen LogP) is 7.57. The number of carbonyl (C=O) groups is 2. The van der Waals surface area contributed by atoms with E-state index in [0.29, 0.717) is 18.0 Å². The van der Waals surface area contributed by atoms with Crippen LogP contribution in [0, 0.1) is 44.2 Å². The number of hydrogen-bond acceptors (Lipinski definition) is 4. The first-order valence-electron chi connectivity index (χ1n) is 13.6. The van der Waals surface area contributed by atoms with Crippen LogP contribution in [0.3, 0.4) is 0 Å². The van der Waals surface area contributed by atoms with Crippen molar-refractivity contribution in [2.45, 2.75) is 101 Å². The first kappa shape index (κ1) is 32.5. The number of carbonyl (C=O) groups excluding carboxylic acids is 2. The molecule has 0 radical (unpaired) electrons. The van der Waals surface area contributed by atoms with Crippen LogP contribution in [0.4, 0.5) is 0 Å². The Bertz CT molecular complexity index is 898. The lowest BCUT2D eigenvalue weighted by Gasteiger charge is -2.40. The van der Waals surface area contributed by atoms with Crippen molar-refractivity contribution in [1.82, 2.24) is 0 Å². The van der Waals surface area contributed by atoms with Gasteiger partial charge in [-0.2, -0.15) is 18.8 Å². The quantitative estimate of drug-likeness (QED) is 0.265. The van der Waals surface area contributed by atoms with Crippen LogP contribution in [0.15, 0.2) is 37.0 Å². The van der Waals surface area contributed by atoms with Crippen molar-refractivity contribution >= 4 is 39.2 Å². The number of nitriles is 2. The minimum Gasteiger partial charge on any atom is -0.299 e. The van der Waals surface area contributed by atoms with E-state index in [-0.39, 0.29) is 36.2 Å². The SMILES string of the molecule is C=CCC12CCCC=C1C(=O)CC2.C=CC[C@@]12CCC[C@@H](C#N)[C@@H]1C(=O)CC2.C[CH2][Al]([C]#N)[CH2]C.S. The van der Waals surface area contributed by atoms with E-state index >= 15 is 0 Å². The van der Waals surface area contributed by atoms with E-state index in [9.17, 15) is 9.59 Å². The van der Waals surface area contributed by atoms with Crippen LogP contribution in [0.1, 0.15) is 90.9 Å². The molecule has 0 aromatic rings. The van der Waals surface area contributed by atoms with Gasteiger partial charge in [-0.15, -0.1) is 13.2 Å². The summed E-state index contributed by atoms with van der Waals surface area (Å²) in [6.45, 7) is 11.8. The molecular formula is C30H45AlN2O2S. The van der Waals surface area contributed by atoms with E-state index in [1.54, 1.807) is 0 Å². The fourth-order valence-electron chi connectivity index (χ4n) is 6.81. The van der Waals surface area contributed by atoms with Crippen molar-refractivity contribution in [1.29, 1.82) is 10.5 Å². The van der Waals surface area contributed by atoms with Crippen LogP contribution in [0.25, 0.3) is 0 Å². The summed E-state index contributed by atoms with van der Waals surface area (Å²) in [6.07, 6.45) is 18.1. The van der Waals surface area contributed by atoms with E-state index in [0.717, 1.165) is 73.9 Å². The molecule has 3 fully saturated rings. The highest BCUT2D eigenvalue weighted by Crippen LogP contribution is 2.55. The van der Waals surface area contributed by atoms with Crippen LogP contribution in [0.2, 0.25) is 10.6 Å². The highest BCUT2D eigenvalue weighted by molar-refractivity contribution is 7.59. The fourth-order valence-corrected chi connectivity index (χ4v) is 7.75. The van der Waals surface area contributed by atoms with Gasteiger partial charge in [0, 0.05) is 24.2 Å². The van der Waals surface area contributed by atoms with Gasteiger partial charge in [-0.25, -0.2) is 5.26 Å². The Hall–Kier alpha value is -1.58. The van der Waals surface area contributed by atoms with E-state index in [1.165, 1.54) is 12.8 Å². The molecule has 0 saturated heterocycles. The zero-order chi connectivity index (χ0) is 25.9. The van der Waals surface area contributed by atoms with Gasteiger partial charge in [0.05, 0.1) is 12.0 Å². The topological polar surface area (TPSA) is 81.7 Å². The third-order valence-corrected chi connectivity index (χ3v) is 11.1. The van der Waals surface area contributed by atoms with Crippen LogP contribution >= 0.6 is 13.5 Å². The van der Waals surface area contributed by atoms with Gasteiger partial charge in [0.25, 0.3) is 0 Å². The third-order valence-electron chi connectivity index (χ3n) is 8.80. The van der Waals surface area contributed by atoms with Crippen molar-refractivity contribution in [3.63, 3.8) is 0 Å². The first-order valence-corrected chi connectivity index (χ1v) is 15.9. The molecule has 0 heterocycles. The fraction of sp³-hybridized carbons (Fsp3) is 0.667.